The van der Waals surface area contributed by atoms with Crippen molar-refractivity contribution in [3.8, 4) is 0 Å². The normalized spacial score (nSPS) is 12.8. The van der Waals surface area contributed by atoms with E-state index in [1.807, 2.05) is 12.1 Å². The molecule has 0 spiro atoms. The van der Waals surface area contributed by atoms with E-state index in [1.165, 1.54) is 22.4 Å². The number of nitrogens with zero attached hydrogens (tertiary/aromatic N) is 2. The molecular weight excluding hydrogens is 384 g/mol. The standard InChI is InChI=1S/C22H22N4O2S/c27-20(16-6-4-11-24-14-16)26-22-19(17-7-1-2-8-18(17)29-22)21(28)25-12-9-15-5-3-10-23-13-15/h3-6,10-11,13-14H,1-2,7-9,12H2,(H,25,28)(H,26,27). The van der Waals surface area contributed by atoms with Crippen LogP contribution in [0.3, 0.4) is 0 Å². The molecule has 0 fully saturated rings. The highest BCUT2D eigenvalue weighted by Gasteiger charge is 2.26. The Hall–Kier alpha value is -3.06. The number of carbonyl (C=O) groups excluding carboxylic acids is 2. The third kappa shape index (κ3) is 4.51. The summed E-state index contributed by atoms with van der Waals surface area (Å²) in [7, 11) is 0. The molecule has 0 aromatic carbocycles. The fourth-order valence-corrected chi connectivity index (χ4v) is 4.80. The Labute approximate surface area is 173 Å². The summed E-state index contributed by atoms with van der Waals surface area (Å²) in [6, 6.07) is 7.31. The molecule has 2 amide bonds. The van der Waals surface area contributed by atoms with Crippen LogP contribution in [0.25, 0.3) is 0 Å². The van der Waals surface area contributed by atoms with Gasteiger partial charge in [-0.05, 0) is 61.4 Å². The van der Waals surface area contributed by atoms with Crippen LogP contribution in [0.15, 0.2) is 49.1 Å². The van der Waals surface area contributed by atoms with E-state index < -0.39 is 0 Å². The Kier molecular flexibility index (Phi) is 5.95. The van der Waals surface area contributed by atoms with Gasteiger partial charge in [-0.3, -0.25) is 19.6 Å². The van der Waals surface area contributed by atoms with Crippen LogP contribution in [0.1, 0.15) is 49.6 Å². The van der Waals surface area contributed by atoms with Gasteiger partial charge in [0.15, 0.2) is 0 Å². The quantitative estimate of drug-likeness (QED) is 0.655. The topological polar surface area (TPSA) is 84.0 Å². The third-order valence-corrected chi connectivity index (χ3v) is 6.18. The molecule has 0 aliphatic heterocycles. The summed E-state index contributed by atoms with van der Waals surface area (Å²) in [5.41, 5.74) is 3.25. The minimum atomic E-state index is -0.249. The van der Waals surface area contributed by atoms with Gasteiger partial charge in [-0.1, -0.05) is 6.07 Å². The van der Waals surface area contributed by atoms with E-state index in [0.29, 0.717) is 29.1 Å². The average molecular weight is 407 g/mol. The van der Waals surface area contributed by atoms with Gasteiger partial charge in [-0.25, -0.2) is 0 Å². The Morgan fingerprint density at radius 2 is 1.79 bits per heavy atom. The van der Waals surface area contributed by atoms with Gasteiger partial charge in [0.25, 0.3) is 11.8 Å². The first-order valence-electron chi connectivity index (χ1n) is 9.75. The molecule has 3 aromatic heterocycles. The summed E-state index contributed by atoms with van der Waals surface area (Å²) in [5.74, 6) is -0.379. The maximum atomic E-state index is 13.0. The number of fused-ring (bicyclic) bond motifs is 1. The number of pyridine rings is 2. The Morgan fingerprint density at radius 1 is 1.00 bits per heavy atom. The summed E-state index contributed by atoms with van der Waals surface area (Å²) in [6.45, 7) is 0.519. The van der Waals surface area contributed by atoms with Gasteiger partial charge in [0.1, 0.15) is 5.00 Å². The predicted octanol–water partition coefficient (Wildman–Crippen LogP) is 3.64. The van der Waals surface area contributed by atoms with Crippen molar-refractivity contribution in [1.82, 2.24) is 15.3 Å². The van der Waals surface area contributed by atoms with Crippen LogP contribution in [0.2, 0.25) is 0 Å². The number of carbonyl (C=O) groups is 2. The first kappa shape index (κ1) is 19.3. The van der Waals surface area contributed by atoms with Crippen LogP contribution in [-0.2, 0) is 19.3 Å². The summed E-state index contributed by atoms with van der Waals surface area (Å²) < 4.78 is 0. The van der Waals surface area contributed by atoms with Crippen LogP contribution in [0, 0.1) is 0 Å². The van der Waals surface area contributed by atoms with E-state index in [1.54, 1.807) is 30.7 Å². The molecule has 3 heterocycles. The van der Waals surface area contributed by atoms with Gasteiger partial charge >= 0.3 is 0 Å². The van der Waals surface area contributed by atoms with Crippen LogP contribution in [0.4, 0.5) is 5.00 Å². The van der Waals surface area contributed by atoms with Crippen molar-refractivity contribution < 1.29 is 9.59 Å². The minimum Gasteiger partial charge on any atom is -0.352 e. The molecule has 148 valence electrons. The molecule has 0 radical (unpaired) electrons. The molecule has 0 atom stereocenters. The highest BCUT2D eigenvalue weighted by atomic mass is 32.1. The maximum Gasteiger partial charge on any atom is 0.257 e. The zero-order chi connectivity index (χ0) is 20.1. The molecule has 1 aliphatic carbocycles. The van der Waals surface area contributed by atoms with E-state index in [4.69, 9.17) is 0 Å². The van der Waals surface area contributed by atoms with Gasteiger partial charge in [0, 0.05) is 36.2 Å². The Balaban J connectivity index is 1.52. The van der Waals surface area contributed by atoms with Gasteiger partial charge < -0.3 is 10.6 Å². The van der Waals surface area contributed by atoms with E-state index >= 15 is 0 Å². The Bertz CT molecular complexity index is 1000. The van der Waals surface area contributed by atoms with Crippen molar-refractivity contribution >= 4 is 28.2 Å². The lowest BCUT2D eigenvalue weighted by molar-refractivity contribution is 0.0954. The largest absolute Gasteiger partial charge is 0.352 e. The molecular formula is C22H22N4O2S. The van der Waals surface area contributed by atoms with Crippen molar-refractivity contribution in [3.63, 3.8) is 0 Å². The Morgan fingerprint density at radius 3 is 2.55 bits per heavy atom. The number of rotatable bonds is 6. The van der Waals surface area contributed by atoms with Gasteiger partial charge in [-0.2, -0.15) is 0 Å². The maximum absolute atomic E-state index is 13.0. The minimum absolute atomic E-state index is 0.130. The SMILES string of the molecule is O=C(Nc1sc2c(c1C(=O)NCCc1cccnc1)CCCC2)c1cccnc1. The van der Waals surface area contributed by atoms with Crippen molar-refractivity contribution in [2.45, 2.75) is 32.1 Å². The number of thiophene rings is 1. The second-order valence-electron chi connectivity index (χ2n) is 6.98. The highest BCUT2D eigenvalue weighted by molar-refractivity contribution is 7.17. The fourth-order valence-electron chi connectivity index (χ4n) is 3.52. The van der Waals surface area contributed by atoms with Gasteiger partial charge in [0.2, 0.25) is 0 Å². The lowest BCUT2D eigenvalue weighted by Crippen LogP contribution is -2.27. The number of aryl methyl sites for hydroxylation is 1. The molecule has 3 aromatic rings. The number of aromatic nitrogens is 2. The van der Waals surface area contributed by atoms with Crippen molar-refractivity contribution in [3.05, 3.63) is 76.2 Å². The molecule has 1 aliphatic rings. The lowest BCUT2D eigenvalue weighted by atomic mass is 9.95. The van der Waals surface area contributed by atoms with Crippen LogP contribution in [0.5, 0.6) is 0 Å². The monoisotopic (exact) mass is 406 g/mol. The first-order chi connectivity index (χ1) is 14.2. The zero-order valence-corrected chi connectivity index (χ0v) is 16.8. The van der Waals surface area contributed by atoms with E-state index in [9.17, 15) is 9.59 Å². The van der Waals surface area contributed by atoms with E-state index in [-0.39, 0.29) is 11.8 Å². The lowest BCUT2D eigenvalue weighted by Gasteiger charge is -2.13. The van der Waals surface area contributed by atoms with E-state index in [0.717, 1.165) is 36.8 Å². The zero-order valence-electron chi connectivity index (χ0n) is 16.0. The number of anilines is 1. The summed E-state index contributed by atoms with van der Waals surface area (Å²) in [5, 5.41) is 6.58. The summed E-state index contributed by atoms with van der Waals surface area (Å²) in [6.07, 6.45) is 11.4. The van der Waals surface area contributed by atoms with Gasteiger partial charge in [0.05, 0.1) is 11.1 Å². The first-order valence-corrected chi connectivity index (χ1v) is 10.6. The third-order valence-electron chi connectivity index (χ3n) is 4.97. The summed E-state index contributed by atoms with van der Waals surface area (Å²) >= 11 is 1.52. The second kappa shape index (κ2) is 8.96. The van der Waals surface area contributed by atoms with Crippen molar-refractivity contribution in [1.29, 1.82) is 0 Å². The molecule has 2 N–H and O–H groups in total. The highest BCUT2D eigenvalue weighted by Crippen LogP contribution is 2.38. The molecule has 7 heteroatoms. The fraction of sp³-hybridized carbons (Fsp3) is 0.273. The second-order valence-corrected chi connectivity index (χ2v) is 8.08. The molecule has 6 nitrogen and oxygen atoms in total. The number of nitrogens with one attached hydrogen (secondary N) is 2. The van der Waals surface area contributed by atoms with E-state index in [2.05, 4.69) is 20.6 Å². The van der Waals surface area contributed by atoms with Crippen LogP contribution in [-0.4, -0.2) is 28.3 Å². The molecule has 0 saturated carbocycles. The predicted molar refractivity (Wildman–Crippen MR) is 113 cm³/mol. The average Bonchev–Trinajstić information content (AvgIpc) is 3.13. The molecule has 0 unspecified atom stereocenters. The van der Waals surface area contributed by atoms with Crippen molar-refractivity contribution in [2.24, 2.45) is 0 Å². The smallest absolute Gasteiger partial charge is 0.257 e. The molecule has 29 heavy (non-hydrogen) atoms. The van der Waals surface area contributed by atoms with Crippen molar-refractivity contribution in [2.75, 3.05) is 11.9 Å². The molecule has 0 saturated heterocycles. The van der Waals surface area contributed by atoms with Crippen LogP contribution >= 0.6 is 11.3 Å². The number of amides is 2. The van der Waals surface area contributed by atoms with Crippen LogP contribution < -0.4 is 10.6 Å². The van der Waals surface area contributed by atoms with Gasteiger partial charge in [-0.15, -0.1) is 11.3 Å². The summed E-state index contributed by atoms with van der Waals surface area (Å²) in [4.78, 5) is 34.9. The number of hydrogen-bond donors (Lipinski definition) is 2. The number of hydrogen-bond acceptors (Lipinski definition) is 5. The molecule has 0 bridgehead atoms. The molecule has 4 rings (SSSR count).